The number of benzene rings is 1. The van der Waals surface area contributed by atoms with Gasteiger partial charge in [0.2, 0.25) is 0 Å². The summed E-state index contributed by atoms with van der Waals surface area (Å²) in [5.74, 6) is -0.935. The third-order valence-electron chi connectivity index (χ3n) is 2.54. The molecule has 0 radical (unpaired) electrons. The number of nitrogens with zero attached hydrogens (tertiary/aromatic N) is 1. The van der Waals surface area contributed by atoms with Crippen molar-refractivity contribution in [1.82, 2.24) is 4.98 Å². The van der Waals surface area contributed by atoms with Gasteiger partial charge < -0.3 is 10.1 Å². The SMILES string of the molecule is COc1cccc(Cl)c1CNc1ncc(F)cc1F. The predicted molar refractivity (Wildman–Crippen MR) is 69.5 cm³/mol. The Balaban J connectivity index is 2.19. The summed E-state index contributed by atoms with van der Waals surface area (Å²) in [7, 11) is 1.52. The monoisotopic (exact) mass is 284 g/mol. The minimum atomic E-state index is -0.758. The number of pyridine rings is 1. The predicted octanol–water partition coefficient (Wildman–Crippen LogP) is 3.63. The summed E-state index contributed by atoms with van der Waals surface area (Å²) >= 11 is 6.05. The number of aromatic nitrogens is 1. The van der Waals surface area contributed by atoms with Gasteiger partial charge in [-0.2, -0.15) is 0 Å². The standard InChI is InChI=1S/C13H11ClF2N2O/c1-19-12-4-2-3-10(14)9(12)7-18-13-11(16)5-8(15)6-17-13/h2-6H,7H2,1H3,(H,17,18). The summed E-state index contributed by atoms with van der Waals surface area (Å²) in [6, 6.07) is 5.97. The third-order valence-corrected chi connectivity index (χ3v) is 2.89. The van der Waals surface area contributed by atoms with Gasteiger partial charge in [0.25, 0.3) is 0 Å². The van der Waals surface area contributed by atoms with Crippen LogP contribution in [0.3, 0.4) is 0 Å². The molecule has 0 aliphatic heterocycles. The number of hydrogen-bond donors (Lipinski definition) is 1. The highest BCUT2D eigenvalue weighted by Gasteiger charge is 2.10. The summed E-state index contributed by atoms with van der Waals surface area (Å²) < 4.78 is 31.3. The molecule has 1 N–H and O–H groups in total. The molecule has 2 rings (SSSR count). The number of hydrogen-bond acceptors (Lipinski definition) is 3. The molecule has 2 aromatic rings. The summed E-state index contributed by atoms with van der Waals surface area (Å²) in [4.78, 5) is 3.63. The number of ether oxygens (including phenoxy) is 1. The van der Waals surface area contributed by atoms with Gasteiger partial charge in [-0.3, -0.25) is 0 Å². The Bertz CT molecular complexity index is 593. The van der Waals surface area contributed by atoms with E-state index in [1.165, 1.54) is 7.11 Å². The summed E-state index contributed by atoms with van der Waals surface area (Å²) in [6.45, 7) is 0.221. The van der Waals surface area contributed by atoms with Gasteiger partial charge in [0, 0.05) is 23.2 Å². The maximum absolute atomic E-state index is 13.4. The average Bonchev–Trinajstić information content (AvgIpc) is 2.39. The van der Waals surface area contributed by atoms with Crippen molar-refractivity contribution < 1.29 is 13.5 Å². The fraction of sp³-hybridized carbons (Fsp3) is 0.154. The van der Waals surface area contributed by atoms with Crippen molar-refractivity contribution >= 4 is 17.4 Å². The van der Waals surface area contributed by atoms with Crippen LogP contribution in [0.25, 0.3) is 0 Å². The molecule has 0 atom stereocenters. The Hall–Kier alpha value is -1.88. The van der Waals surface area contributed by atoms with Crippen molar-refractivity contribution in [3.63, 3.8) is 0 Å². The number of nitrogens with one attached hydrogen (secondary N) is 1. The molecule has 0 unspecified atom stereocenters. The van der Waals surface area contributed by atoms with E-state index in [-0.39, 0.29) is 12.4 Å². The molecule has 3 nitrogen and oxygen atoms in total. The fourth-order valence-electron chi connectivity index (χ4n) is 1.62. The van der Waals surface area contributed by atoms with Gasteiger partial charge in [-0.25, -0.2) is 13.8 Å². The second-order valence-corrected chi connectivity index (χ2v) is 4.17. The third kappa shape index (κ3) is 3.12. The van der Waals surface area contributed by atoms with Crippen molar-refractivity contribution in [2.24, 2.45) is 0 Å². The van der Waals surface area contributed by atoms with E-state index in [9.17, 15) is 8.78 Å². The number of halogens is 3. The van der Waals surface area contributed by atoms with Gasteiger partial charge in [-0.05, 0) is 12.1 Å². The Morgan fingerprint density at radius 2 is 2.16 bits per heavy atom. The maximum Gasteiger partial charge on any atom is 0.168 e. The molecule has 6 heteroatoms. The smallest absolute Gasteiger partial charge is 0.168 e. The maximum atomic E-state index is 13.4. The highest BCUT2D eigenvalue weighted by molar-refractivity contribution is 6.31. The van der Waals surface area contributed by atoms with Gasteiger partial charge in [-0.1, -0.05) is 17.7 Å². The van der Waals surface area contributed by atoms with Crippen molar-refractivity contribution in [3.05, 3.63) is 52.7 Å². The number of methoxy groups -OCH3 is 1. The quantitative estimate of drug-likeness (QED) is 0.931. The molecule has 19 heavy (non-hydrogen) atoms. The zero-order valence-corrected chi connectivity index (χ0v) is 10.8. The molecule has 1 heterocycles. The zero-order valence-electron chi connectivity index (χ0n) is 10.1. The summed E-state index contributed by atoms with van der Waals surface area (Å²) in [5, 5.41) is 3.25. The van der Waals surface area contributed by atoms with Crippen LogP contribution in [-0.2, 0) is 6.54 Å². The van der Waals surface area contributed by atoms with Gasteiger partial charge >= 0.3 is 0 Å². The van der Waals surface area contributed by atoms with Gasteiger partial charge in [0.1, 0.15) is 11.6 Å². The topological polar surface area (TPSA) is 34.1 Å². The Kier molecular flexibility index (Phi) is 4.16. The van der Waals surface area contributed by atoms with Crippen LogP contribution in [0.5, 0.6) is 5.75 Å². The molecule has 0 saturated carbocycles. The largest absolute Gasteiger partial charge is 0.496 e. The van der Waals surface area contributed by atoms with E-state index in [0.717, 1.165) is 12.3 Å². The van der Waals surface area contributed by atoms with E-state index in [4.69, 9.17) is 16.3 Å². The lowest BCUT2D eigenvalue weighted by Crippen LogP contribution is -2.06. The first kappa shape index (κ1) is 13.5. The lowest BCUT2D eigenvalue weighted by Gasteiger charge is -2.12. The molecule has 100 valence electrons. The lowest BCUT2D eigenvalue weighted by molar-refractivity contribution is 0.410. The second kappa shape index (κ2) is 5.84. The highest BCUT2D eigenvalue weighted by Crippen LogP contribution is 2.27. The zero-order chi connectivity index (χ0) is 13.8. The van der Waals surface area contributed by atoms with Crippen LogP contribution in [0, 0.1) is 11.6 Å². The van der Waals surface area contributed by atoms with Crippen LogP contribution >= 0.6 is 11.6 Å². The first-order valence-electron chi connectivity index (χ1n) is 5.48. The first-order chi connectivity index (χ1) is 9.11. The van der Waals surface area contributed by atoms with E-state index in [2.05, 4.69) is 10.3 Å². The molecule has 1 aromatic carbocycles. The minimum absolute atomic E-state index is 0.0385. The Morgan fingerprint density at radius 3 is 2.84 bits per heavy atom. The van der Waals surface area contributed by atoms with E-state index in [1.54, 1.807) is 18.2 Å². The van der Waals surface area contributed by atoms with Crippen molar-refractivity contribution in [3.8, 4) is 5.75 Å². The minimum Gasteiger partial charge on any atom is -0.496 e. The molecule has 0 bridgehead atoms. The molecule has 0 aliphatic carbocycles. The average molecular weight is 285 g/mol. The van der Waals surface area contributed by atoms with Crippen molar-refractivity contribution in [2.45, 2.75) is 6.54 Å². The lowest BCUT2D eigenvalue weighted by atomic mass is 10.2. The van der Waals surface area contributed by atoms with Gasteiger partial charge in [-0.15, -0.1) is 0 Å². The van der Waals surface area contributed by atoms with Crippen LogP contribution in [0.2, 0.25) is 5.02 Å². The Morgan fingerprint density at radius 1 is 1.37 bits per heavy atom. The van der Waals surface area contributed by atoms with Gasteiger partial charge in [0.15, 0.2) is 11.6 Å². The van der Waals surface area contributed by atoms with Crippen LogP contribution in [0.4, 0.5) is 14.6 Å². The van der Waals surface area contributed by atoms with Crippen LogP contribution in [0.1, 0.15) is 5.56 Å². The molecule has 0 saturated heterocycles. The summed E-state index contributed by atoms with van der Waals surface area (Å²) in [5.41, 5.74) is 0.678. The van der Waals surface area contributed by atoms with Crippen LogP contribution in [-0.4, -0.2) is 12.1 Å². The van der Waals surface area contributed by atoms with Crippen LogP contribution < -0.4 is 10.1 Å². The van der Waals surface area contributed by atoms with E-state index >= 15 is 0 Å². The molecule has 1 aromatic heterocycles. The van der Waals surface area contributed by atoms with Crippen molar-refractivity contribution in [1.29, 1.82) is 0 Å². The molecule has 0 fully saturated rings. The second-order valence-electron chi connectivity index (χ2n) is 3.76. The summed E-state index contributed by atoms with van der Waals surface area (Å²) in [6.07, 6.45) is 0.940. The molecule has 0 aliphatic rings. The van der Waals surface area contributed by atoms with E-state index < -0.39 is 11.6 Å². The molecule has 0 spiro atoms. The van der Waals surface area contributed by atoms with E-state index in [0.29, 0.717) is 16.3 Å². The molecular formula is C13H11ClF2N2O. The first-order valence-corrected chi connectivity index (χ1v) is 5.86. The van der Waals surface area contributed by atoms with E-state index in [1.807, 2.05) is 0 Å². The highest BCUT2D eigenvalue weighted by atomic mass is 35.5. The normalized spacial score (nSPS) is 10.3. The molecule has 0 amide bonds. The van der Waals surface area contributed by atoms with Crippen molar-refractivity contribution in [2.75, 3.05) is 12.4 Å². The van der Waals surface area contributed by atoms with Gasteiger partial charge in [0.05, 0.1) is 13.3 Å². The molecular weight excluding hydrogens is 274 g/mol. The van der Waals surface area contributed by atoms with Crippen LogP contribution in [0.15, 0.2) is 30.5 Å². The number of rotatable bonds is 4. The number of anilines is 1. The Labute approximate surface area is 114 Å². The fourth-order valence-corrected chi connectivity index (χ4v) is 1.85.